The van der Waals surface area contributed by atoms with Crippen LogP contribution < -0.4 is 0 Å². The minimum atomic E-state index is 0.807. The Morgan fingerprint density at radius 2 is 1.82 bits per heavy atom. The zero-order valence-electron chi connectivity index (χ0n) is 11.7. The lowest BCUT2D eigenvalue weighted by molar-refractivity contribution is 0.315. The quantitative estimate of drug-likeness (QED) is 0.417. The standard InChI is InChI=1S/C16H14N2OS3/c1-2-5-13(6-3-1)7-4-10-20-22-21-12-14-8-9-15-16(11-14)18-19-17-15/h1-9,11H,10,12H2. The minimum Gasteiger partial charge on any atom is -0.243 e. The summed E-state index contributed by atoms with van der Waals surface area (Å²) in [5.41, 5.74) is 4.11. The van der Waals surface area contributed by atoms with E-state index in [2.05, 4.69) is 52.8 Å². The Morgan fingerprint density at radius 3 is 2.73 bits per heavy atom. The van der Waals surface area contributed by atoms with Crippen molar-refractivity contribution in [1.82, 2.24) is 10.3 Å². The summed E-state index contributed by atoms with van der Waals surface area (Å²) in [7, 11) is 5.49. The van der Waals surface area contributed by atoms with Crippen molar-refractivity contribution in [2.45, 2.75) is 5.75 Å². The van der Waals surface area contributed by atoms with Gasteiger partial charge in [0.15, 0.2) is 0 Å². The van der Waals surface area contributed by atoms with Gasteiger partial charge < -0.3 is 0 Å². The molecule has 0 aliphatic carbocycles. The number of nitrogens with zero attached hydrogens (tertiary/aromatic N) is 2. The molecule has 3 aromatic rings. The van der Waals surface area contributed by atoms with E-state index in [0.29, 0.717) is 0 Å². The van der Waals surface area contributed by atoms with Crippen LogP contribution in [0.15, 0.2) is 59.2 Å². The van der Waals surface area contributed by atoms with Crippen LogP contribution in [-0.2, 0) is 5.75 Å². The first-order valence-corrected chi connectivity index (χ1v) is 10.6. The van der Waals surface area contributed by atoms with E-state index in [-0.39, 0.29) is 0 Å². The molecule has 1 heterocycles. The van der Waals surface area contributed by atoms with Crippen molar-refractivity contribution in [2.24, 2.45) is 0 Å². The largest absolute Gasteiger partial charge is 0.243 e. The monoisotopic (exact) mass is 346 g/mol. The van der Waals surface area contributed by atoms with Gasteiger partial charge in [-0.1, -0.05) is 70.1 Å². The van der Waals surface area contributed by atoms with Crippen LogP contribution in [0.3, 0.4) is 0 Å². The van der Waals surface area contributed by atoms with Gasteiger partial charge in [-0.15, -0.1) is 0 Å². The summed E-state index contributed by atoms with van der Waals surface area (Å²) in [6.45, 7) is 0. The Kier molecular flexibility index (Phi) is 5.86. The third kappa shape index (κ3) is 4.56. The molecule has 0 saturated heterocycles. The smallest absolute Gasteiger partial charge is 0.135 e. The maximum atomic E-state index is 4.70. The first kappa shape index (κ1) is 15.5. The Labute approximate surface area is 140 Å². The summed E-state index contributed by atoms with van der Waals surface area (Å²) < 4.78 is 4.70. The molecule has 0 aliphatic rings. The Bertz CT molecular complexity index is 743. The molecule has 0 fully saturated rings. The van der Waals surface area contributed by atoms with Crippen molar-refractivity contribution in [2.75, 3.05) is 5.75 Å². The van der Waals surface area contributed by atoms with Gasteiger partial charge in [0.2, 0.25) is 0 Å². The fourth-order valence-corrected chi connectivity index (χ4v) is 5.23. The number of benzene rings is 2. The van der Waals surface area contributed by atoms with Crippen LogP contribution in [0.5, 0.6) is 0 Å². The molecule has 0 N–H and O–H groups in total. The van der Waals surface area contributed by atoms with Gasteiger partial charge in [-0.2, -0.15) is 0 Å². The van der Waals surface area contributed by atoms with E-state index < -0.39 is 0 Å². The molecule has 6 heteroatoms. The van der Waals surface area contributed by atoms with Crippen LogP contribution in [0.1, 0.15) is 11.1 Å². The molecule has 1 aromatic heterocycles. The fourth-order valence-electron chi connectivity index (χ4n) is 1.86. The molecule has 0 radical (unpaired) electrons. The molecule has 0 aliphatic heterocycles. The van der Waals surface area contributed by atoms with E-state index in [1.54, 1.807) is 0 Å². The number of hydrogen-bond donors (Lipinski definition) is 0. The molecule has 0 unspecified atom stereocenters. The van der Waals surface area contributed by atoms with E-state index in [1.807, 2.05) is 49.6 Å². The van der Waals surface area contributed by atoms with Crippen LogP contribution in [0, 0.1) is 0 Å². The summed E-state index contributed by atoms with van der Waals surface area (Å²) in [6.07, 6.45) is 4.35. The van der Waals surface area contributed by atoms with Crippen LogP contribution in [-0.4, -0.2) is 16.1 Å². The van der Waals surface area contributed by atoms with Crippen LogP contribution >= 0.6 is 31.4 Å². The second-order valence-electron chi connectivity index (χ2n) is 4.52. The Balaban J connectivity index is 1.36. The molecule has 0 amide bonds. The molecule has 22 heavy (non-hydrogen) atoms. The Hall–Kier alpha value is -1.37. The third-order valence-corrected chi connectivity index (χ3v) is 6.96. The van der Waals surface area contributed by atoms with E-state index in [0.717, 1.165) is 22.5 Å². The highest BCUT2D eigenvalue weighted by atomic mass is 33.5. The van der Waals surface area contributed by atoms with Crippen LogP contribution in [0.25, 0.3) is 17.1 Å². The predicted octanol–water partition coefficient (Wildman–Crippen LogP) is 5.47. The van der Waals surface area contributed by atoms with Crippen molar-refractivity contribution in [3.63, 3.8) is 0 Å². The summed E-state index contributed by atoms with van der Waals surface area (Å²) >= 11 is 0. The van der Waals surface area contributed by atoms with Gasteiger partial charge in [-0.3, -0.25) is 0 Å². The highest BCUT2D eigenvalue weighted by molar-refractivity contribution is 9.09. The molecule has 0 saturated carbocycles. The van der Waals surface area contributed by atoms with Crippen molar-refractivity contribution >= 4 is 48.5 Å². The van der Waals surface area contributed by atoms with Gasteiger partial charge in [-0.25, -0.2) is 4.63 Å². The Morgan fingerprint density at radius 1 is 0.955 bits per heavy atom. The average Bonchev–Trinajstić information content (AvgIpc) is 3.02. The first-order valence-electron chi connectivity index (χ1n) is 6.76. The van der Waals surface area contributed by atoms with Gasteiger partial charge in [0.1, 0.15) is 11.0 Å². The number of rotatable bonds is 7. The summed E-state index contributed by atoms with van der Waals surface area (Å²) in [6, 6.07) is 16.4. The molecule has 0 bridgehead atoms. The van der Waals surface area contributed by atoms with E-state index in [1.165, 1.54) is 11.1 Å². The zero-order chi connectivity index (χ0) is 15.0. The highest BCUT2D eigenvalue weighted by Gasteiger charge is 2.01. The van der Waals surface area contributed by atoms with Crippen molar-refractivity contribution in [1.29, 1.82) is 0 Å². The lowest BCUT2D eigenvalue weighted by Crippen LogP contribution is -1.78. The van der Waals surface area contributed by atoms with E-state index in [9.17, 15) is 0 Å². The van der Waals surface area contributed by atoms with Gasteiger partial charge in [0.25, 0.3) is 0 Å². The number of hydrogen-bond acceptors (Lipinski definition) is 6. The van der Waals surface area contributed by atoms with Gasteiger partial charge in [0, 0.05) is 11.5 Å². The molecule has 2 aromatic carbocycles. The summed E-state index contributed by atoms with van der Waals surface area (Å²) in [5, 5.41) is 7.67. The van der Waals surface area contributed by atoms with Gasteiger partial charge in [-0.05, 0) is 43.4 Å². The van der Waals surface area contributed by atoms with Crippen molar-refractivity contribution in [3.8, 4) is 0 Å². The maximum Gasteiger partial charge on any atom is 0.135 e. The SMILES string of the molecule is C(=Cc1ccccc1)CSSSCc1ccc2nonc2c1. The van der Waals surface area contributed by atoms with E-state index in [4.69, 9.17) is 4.63 Å². The second kappa shape index (κ2) is 8.31. The van der Waals surface area contributed by atoms with Crippen LogP contribution in [0.4, 0.5) is 0 Å². The van der Waals surface area contributed by atoms with Crippen LogP contribution in [0.2, 0.25) is 0 Å². The number of aromatic nitrogens is 2. The molecule has 3 nitrogen and oxygen atoms in total. The maximum absolute atomic E-state index is 4.70. The normalized spacial score (nSPS) is 11.5. The first-order chi connectivity index (χ1) is 10.9. The molecule has 3 rings (SSSR count). The van der Waals surface area contributed by atoms with E-state index >= 15 is 0 Å². The fraction of sp³-hybridized carbons (Fsp3) is 0.125. The molecule has 0 atom stereocenters. The topological polar surface area (TPSA) is 38.9 Å². The van der Waals surface area contributed by atoms with Gasteiger partial charge >= 0.3 is 0 Å². The van der Waals surface area contributed by atoms with Crippen molar-refractivity contribution < 1.29 is 4.63 Å². The molecular weight excluding hydrogens is 332 g/mol. The average molecular weight is 347 g/mol. The minimum absolute atomic E-state index is 0.807. The molecule has 0 spiro atoms. The predicted molar refractivity (Wildman–Crippen MR) is 98.6 cm³/mol. The summed E-state index contributed by atoms with van der Waals surface area (Å²) in [5.74, 6) is 1.95. The van der Waals surface area contributed by atoms with Gasteiger partial charge in [0.05, 0.1) is 0 Å². The molecular formula is C16H14N2OS3. The lowest BCUT2D eigenvalue weighted by Gasteiger charge is -1.99. The van der Waals surface area contributed by atoms with Crippen molar-refractivity contribution in [3.05, 3.63) is 65.7 Å². The highest BCUT2D eigenvalue weighted by Crippen LogP contribution is 2.37. The molecule has 112 valence electrons. The second-order valence-corrected chi connectivity index (χ2v) is 8.79. The third-order valence-electron chi connectivity index (χ3n) is 2.91. The lowest BCUT2D eigenvalue weighted by atomic mass is 10.2. The summed E-state index contributed by atoms with van der Waals surface area (Å²) in [4.78, 5) is 0. The zero-order valence-corrected chi connectivity index (χ0v) is 14.2. The number of fused-ring (bicyclic) bond motifs is 1.